The number of ether oxygens (including phenoxy) is 1. The lowest BCUT2D eigenvalue weighted by atomic mass is 10.0. The molecule has 9 nitrogen and oxygen atoms in total. The molecule has 1 N–H and O–H groups in total. The average molecular weight is 1020 g/mol. The first-order valence-corrected chi connectivity index (χ1v) is 31.4. The normalized spacial score (nSPS) is 14.1. The summed E-state index contributed by atoms with van der Waals surface area (Å²) in [6.07, 6.45) is 62.1. The van der Waals surface area contributed by atoms with Gasteiger partial charge in [0, 0.05) is 12.8 Å². The fourth-order valence-electron chi connectivity index (χ4n) is 8.61. The van der Waals surface area contributed by atoms with E-state index in [1.165, 1.54) is 161 Å². The molecule has 0 rings (SSSR count). The minimum absolute atomic E-state index is 0.0238. The summed E-state index contributed by atoms with van der Waals surface area (Å²) in [6, 6.07) is -0.891. The summed E-state index contributed by atoms with van der Waals surface area (Å²) in [7, 11) is 1.18. The number of hydrogen-bond acceptors (Lipinski definition) is 7. The van der Waals surface area contributed by atoms with Crippen LogP contribution in [0, 0.1) is 0 Å². The zero-order valence-electron chi connectivity index (χ0n) is 47.4. The molecule has 0 heterocycles. The number of unbranched alkanes of at least 4 members (excludes halogenated alkanes) is 32. The van der Waals surface area contributed by atoms with E-state index in [9.17, 15) is 19.0 Å². The van der Waals surface area contributed by atoms with Crippen LogP contribution in [0.15, 0.2) is 48.6 Å². The third kappa shape index (κ3) is 52.6. The van der Waals surface area contributed by atoms with Crippen molar-refractivity contribution < 1.29 is 37.3 Å². The molecular weight excluding hydrogens is 904 g/mol. The number of likely N-dealkylation sites (N-methyl/N-ethyl adjacent to an activating group) is 1. The molecule has 0 bridgehead atoms. The van der Waals surface area contributed by atoms with Crippen molar-refractivity contribution in [2.45, 2.75) is 290 Å². The lowest BCUT2D eigenvalue weighted by molar-refractivity contribution is -0.870. The van der Waals surface area contributed by atoms with Gasteiger partial charge in [0.15, 0.2) is 0 Å². The summed E-state index contributed by atoms with van der Waals surface area (Å²) in [6.45, 7) is 6.74. The van der Waals surface area contributed by atoms with Crippen LogP contribution >= 0.6 is 7.82 Å². The topological polar surface area (TPSA) is 114 Å². The van der Waals surface area contributed by atoms with Gasteiger partial charge in [-0.2, -0.15) is 0 Å². The van der Waals surface area contributed by atoms with Crippen LogP contribution in [0.25, 0.3) is 0 Å². The van der Waals surface area contributed by atoms with Crippen molar-refractivity contribution >= 4 is 19.7 Å². The second-order valence-electron chi connectivity index (χ2n) is 21.5. The largest absolute Gasteiger partial charge is 0.756 e. The number of carbonyl (C=O) groups excluding carboxylic acids is 2. The molecule has 0 aromatic rings. The maximum absolute atomic E-state index is 13.5. The van der Waals surface area contributed by atoms with E-state index < -0.39 is 26.6 Å². The number of nitrogens with zero attached hydrogens (tertiary/aromatic N) is 1. The van der Waals surface area contributed by atoms with Crippen LogP contribution in [-0.4, -0.2) is 69.4 Å². The summed E-state index contributed by atoms with van der Waals surface area (Å²) in [5.41, 5.74) is 0. The lowest BCUT2D eigenvalue weighted by Gasteiger charge is -2.30. The third-order valence-corrected chi connectivity index (χ3v) is 14.2. The molecule has 10 heteroatoms. The van der Waals surface area contributed by atoms with Crippen molar-refractivity contribution in [1.82, 2.24) is 5.32 Å². The van der Waals surface area contributed by atoms with E-state index >= 15 is 0 Å². The van der Waals surface area contributed by atoms with Crippen molar-refractivity contribution in [1.29, 1.82) is 0 Å². The molecule has 416 valence electrons. The standard InChI is InChI=1S/C61H115N2O7P/c1-7-10-13-16-19-22-25-28-30-31-32-33-34-35-38-41-44-47-50-53-60(64)62-58(57-69-71(66,67)68-56-55-63(4,5)6)59(52-49-46-43-40-37-27-24-21-18-15-12-9-3)70-61(65)54-51-48-45-42-39-36-29-26-23-20-17-14-11-8-2/h11,14,20,23,28,30,49,52,58-59H,7-10,12-13,15-19,21-22,24-27,29,31-48,50-51,53-57H2,1-6H3,(H-,62,64,66,67)/b14-11+,23-20+,30-28+,52-49-. The number of amides is 1. The number of quaternary nitrogens is 1. The Hall–Kier alpha value is -2.03. The van der Waals surface area contributed by atoms with Crippen molar-refractivity contribution in [2.24, 2.45) is 0 Å². The van der Waals surface area contributed by atoms with Crippen molar-refractivity contribution in [3.8, 4) is 0 Å². The highest BCUT2D eigenvalue weighted by Gasteiger charge is 2.27. The van der Waals surface area contributed by atoms with Crippen LogP contribution in [-0.2, 0) is 27.9 Å². The van der Waals surface area contributed by atoms with Gasteiger partial charge in [-0.15, -0.1) is 0 Å². The Labute approximate surface area is 439 Å². The minimum atomic E-state index is -4.70. The zero-order chi connectivity index (χ0) is 52.2. The van der Waals surface area contributed by atoms with Gasteiger partial charge in [-0.25, -0.2) is 0 Å². The molecular formula is C61H115N2O7P. The summed E-state index contributed by atoms with van der Waals surface area (Å²) < 4.78 is 30.3. The Bertz CT molecular complexity index is 1360. The van der Waals surface area contributed by atoms with Crippen LogP contribution in [0.3, 0.4) is 0 Å². The third-order valence-electron chi connectivity index (χ3n) is 13.2. The maximum Gasteiger partial charge on any atom is 0.306 e. The number of nitrogens with one attached hydrogen (secondary N) is 1. The molecule has 0 aliphatic heterocycles. The van der Waals surface area contributed by atoms with Gasteiger partial charge in [-0.1, -0.05) is 230 Å². The molecule has 0 fully saturated rings. The SMILES string of the molecule is CC/C=C/C/C=C/CCCCCCCCCC(=O)OC(/C=C\CCCCCCCCCCCC)C(COP(=O)([O-])OCC[N+](C)(C)C)NC(=O)CCCCCCCCCCC/C=C/CCCCCCCC. The van der Waals surface area contributed by atoms with Gasteiger partial charge in [-0.3, -0.25) is 14.2 Å². The Morgan fingerprint density at radius 1 is 0.507 bits per heavy atom. The molecule has 0 spiro atoms. The van der Waals surface area contributed by atoms with Gasteiger partial charge in [0.2, 0.25) is 5.91 Å². The van der Waals surface area contributed by atoms with Crippen molar-refractivity contribution in [3.63, 3.8) is 0 Å². The number of phosphoric acid groups is 1. The molecule has 0 aliphatic rings. The van der Waals surface area contributed by atoms with Gasteiger partial charge in [0.25, 0.3) is 7.82 Å². The Morgan fingerprint density at radius 2 is 0.901 bits per heavy atom. The molecule has 3 unspecified atom stereocenters. The molecule has 1 amide bonds. The Kier molecular flexibility index (Phi) is 50.0. The van der Waals surface area contributed by atoms with Crippen LogP contribution in [0.5, 0.6) is 0 Å². The quantitative estimate of drug-likeness (QED) is 0.0212. The predicted molar refractivity (Wildman–Crippen MR) is 302 cm³/mol. The van der Waals surface area contributed by atoms with Crippen LogP contribution < -0.4 is 10.2 Å². The van der Waals surface area contributed by atoms with E-state index in [1.54, 1.807) is 0 Å². The van der Waals surface area contributed by atoms with Crippen molar-refractivity contribution in [3.05, 3.63) is 48.6 Å². The number of rotatable bonds is 54. The lowest BCUT2D eigenvalue weighted by Crippen LogP contribution is -2.47. The second kappa shape index (κ2) is 51.5. The maximum atomic E-state index is 13.5. The van der Waals surface area contributed by atoms with E-state index in [0.29, 0.717) is 17.4 Å². The Morgan fingerprint density at radius 3 is 1.35 bits per heavy atom. The van der Waals surface area contributed by atoms with Crippen LogP contribution in [0.1, 0.15) is 278 Å². The average Bonchev–Trinajstić information content (AvgIpc) is 3.33. The molecule has 0 aromatic carbocycles. The summed E-state index contributed by atoms with van der Waals surface area (Å²) >= 11 is 0. The second-order valence-corrected chi connectivity index (χ2v) is 22.9. The van der Waals surface area contributed by atoms with Gasteiger partial charge in [0.1, 0.15) is 19.3 Å². The highest BCUT2D eigenvalue weighted by Crippen LogP contribution is 2.38. The number of carbonyl (C=O) groups is 2. The minimum Gasteiger partial charge on any atom is -0.756 e. The van der Waals surface area contributed by atoms with E-state index in [4.69, 9.17) is 13.8 Å². The highest BCUT2D eigenvalue weighted by atomic mass is 31.2. The molecule has 0 aromatic heterocycles. The number of allylic oxidation sites excluding steroid dienone is 7. The predicted octanol–water partition coefficient (Wildman–Crippen LogP) is 17.5. The molecule has 71 heavy (non-hydrogen) atoms. The number of phosphoric ester groups is 1. The van der Waals surface area contributed by atoms with Gasteiger partial charge in [0.05, 0.1) is 33.8 Å². The Balaban J connectivity index is 5.27. The first-order valence-electron chi connectivity index (χ1n) is 29.9. The van der Waals surface area contributed by atoms with Gasteiger partial charge in [-0.05, 0) is 83.1 Å². The van der Waals surface area contributed by atoms with Gasteiger partial charge < -0.3 is 28.5 Å². The smallest absolute Gasteiger partial charge is 0.306 e. The fraction of sp³-hybridized carbons (Fsp3) is 0.836. The summed E-state index contributed by atoms with van der Waals surface area (Å²) in [4.78, 5) is 39.9. The number of hydrogen-bond donors (Lipinski definition) is 1. The monoisotopic (exact) mass is 1020 g/mol. The molecule has 0 radical (unpaired) electrons. The zero-order valence-corrected chi connectivity index (χ0v) is 48.3. The summed E-state index contributed by atoms with van der Waals surface area (Å²) in [5.74, 6) is -0.547. The highest BCUT2D eigenvalue weighted by molar-refractivity contribution is 7.45. The number of esters is 1. The van der Waals surface area contributed by atoms with E-state index in [-0.39, 0.29) is 24.9 Å². The first-order chi connectivity index (χ1) is 34.4. The van der Waals surface area contributed by atoms with Crippen LogP contribution in [0.2, 0.25) is 0 Å². The molecule has 0 aliphatic carbocycles. The molecule has 0 saturated heterocycles. The molecule has 3 atom stereocenters. The van der Waals surface area contributed by atoms with E-state index in [2.05, 4.69) is 62.5 Å². The van der Waals surface area contributed by atoms with Crippen molar-refractivity contribution in [2.75, 3.05) is 40.9 Å². The van der Waals surface area contributed by atoms with E-state index in [0.717, 1.165) is 83.5 Å². The first kappa shape index (κ1) is 69.0. The summed E-state index contributed by atoms with van der Waals surface area (Å²) in [5, 5.41) is 3.02. The van der Waals surface area contributed by atoms with Crippen LogP contribution in [0.4, 0.5) is 0 Å². The molecule has 0 saturated carbocycles. The van der Waals surface area contributed by atoms with Gasteiger partial charge >= 0.3 is 5.97 Å². The fourth-order valence-corrected chi connectivity index (χ4v) is 9.34. The van der Waals surface area contributed by atoms with E-state index in [1.807, 2.05) is 33.3 Å².